The predicted molar refractivity (Wildman–Crippen MR) is 164 cm³/mol. The fourth-order valence-corrected chi connectivity index (χ4v) is 6.01. The van der Waals surface area contributed by atoms with Crippen LogP contribution in [-0.2, 0) is 26.2 Å². The number of hydrogen-bond donors (Lipinski definition) is 1. The lowest BCUT2D eigenvalue weighted by atomic mass is 10.1. The summed E-state index contributed by atoms with van der Waals surface area (Å²) in [6.45, 7) is 6.78. The number of anilines is 1. The Morgan fingerprint density at radius 1 is 0.975 bits per heavy atom. The summed E-state index contributed by atoms with van der Waals surface area (Å²) in [7, 11) is -4.25. The number of hydrogen-bond acceptors (Lipinski definition) is 4. The van der Waals surface area contributed by atoms with Gasteiger partial charge >= 0.3 is 0 Å². The van der Waals surface area contributed by atoms with Crippen LogP contribution in [0.3, 0.4) is 0 Å². The monoisotopic (exact) mass is 667 g/mol. The summed E-state index contributed by atoms with van der Waals surface area (Å²) in [5, 5.41) is 3.05. The minimum absolute atomic E-state index is 0.00493. The highest BCUT2D eigenvalue weighted by Crippen LogP contribution is 2.35. The van der Waals surface area contributed by atoms with Crippen molar-refractivity contribution in [3.8, 4) is 0 Å². The van der Waals surface area contributed by atoms with Crippen LogP contribution in [0, 0.1) is 6.92 Å². The predicted octanol–water partition coefficient (Wildman–Crippen LogP) is 6.59. The Kier molecular flexibility index (Phi) is 11.1. The van der Waals surface area contributed by atoms with Crippen molar-refractivity contribution in [2.24, 2.45) is 0 Å². The zero-order valence-electron chi connectivity index (χ0n) is 22.7. The smallest absolute Gasteiger partial charge is 0.264 e. The Hall–Kier alpha value is -2.59. The van der Waals surface area contributed by atoms with Crippen molar-refractivity contribution in [3.63, 3.8) is 0 Å². The second-order valence-electron chi connectivity index (χ2n) is 9.54. The van der Waals surface area contributed by atoms with Gasteiger partial charge in [0, 0.05) is 17.1 Å². The molecule has 3 aromatic rings. The molecule has 0 aromatic heterocycles. The highest BCUT2D eigenvalue weighted by atomic mass is 79.9. The first-order valence-electron chi connectivity index (χ1n) is 12.7. The molecule has 1 N–H and O–H groups in total. The van der Waals surface area contributed by atoms with Crippen molar-refractivity contribution < 1.29 is 18.0 Å². The van der Waals surface area contributed by atoms with Gasteiger partial charge in [0.2, 0.25) is 11.8 Å². The molecule has 2 atom stereocenters. The van der Waals surface area contributed by atoms with E-state index in [1.165, 1.54) is 29.2 Å². The number of amides is 2. The zero-order chi connectivity index (χ0) is 29.6. The molecule has 11 heteroatoms. The molecule has 0 spiro atoms. The van der Waals surface area contributed by atoms with Crippen molar-refractivity contribution in [2.45, 2.75) is 57.6 Å². The average molecular weight is 669 g/mol. The number of nitrogens with one attached hydrogen (secondary N) is 1. The van der Waals surface area contributed by atoms with Gasteiger partial charge in [-0.25, -0.2) is 8.42 Å². The molecule has 40 heavy (non-hydrogen) atoms. The van der Waals surface area contributed by atoms with Gasteiger partial charge < -0.3 is 10.2 Å². The lowest BCUT2D eigenvalue weighted by molar-refractivity contribution is -0.139. The van der Waals surface area contributed by atoms with E-state index in [-0.39, 0.29) is 39.1 Å². The third kappa shape index (κ3) is 7.78. The lowest BCUT2D eigenvalue weighted by Crippen LogP contribution is -2.52. The molecular weight excluding hydrogens is 637 g/mol. The van der Waals surface area contributed by atoms with Crippen molar-refractivity contribution in [1.82, 2.24) is 10.2 Å². The van der Waals surface area contributed by atoms with Crippen molar-refractivity contribution in [3.05, 3.63) is 92.4 Å². The molecule has 0 saturated carbocycles. The summed E-state index contributed by atoms with van der Waals surface area (Å²) in [5.74, 6) is -0.921. The zero-order valence-corrected chi connectivity index (χ0v) is 26.6. The molecule has 214 valence electrons. The molecule has 3 aromatic carbocycles. The van der Waals surface area contributed by atoms with Crippen LogP contribution >= 0.6 is 39.1 Å². The van der Waals surface area contributed by atoms with Gasteiger partial charge in [0.05, 0.1) is 20.6 Å². The number of aryl methyl sites for hydroxylation is 1. The van der Waals surface area contributed by atoms with Gasteiger partial charge in [-0.15, -0.1) is 0 Å². The molecule has 3 rings (SSSR count). The highest BCUT2D eigenvalue weighted by Gasteiger charge is 2.34. The van der Waals surface area contributed by atoms with E-state index < -0.39 is 28.5 Å². The Labute approximate surface area is 254 Å². The maximum Gasteiger partial charge on any atom is 0.264 e. The number of halogens is 3. The van der Waals surface area contributed by atoms with Gasteiger partial charge in [-0.1, -0.05) is 82.0 Å². The second-order valence-corrected chi connectivity index (χ2v) is 13.1. The lowest BCUT2D eigenvalue weighted by Gasteiger charge is -2.32. The Balaban J connectivity index is 2.06. The summed E-state index contributed by atoms with van der Waals surface area (Å²) in [5.41, 5.74) is 1.71. The van der Waals surface area contributed by atoms with E-state index >= 15 is 0 Å². The Bertz CT molecular complexity index is 1450. The largest absolute Gasteiger partial charge is 0.352 e. The molecule has 0 aliphatic heterocycles. The van der Waals surface area contributed by atoms with Crippen molar-refractivity contribution in [2.75, 3.05) is 10.8 Å². The number of benzene rings is 3. The number of carbonyl (C=O) groups is 2. The molecule has 2 amide bonds. The topological polar surface area (TPSA) is 86.8 Å². The number of nitrogens with zero attached hydrogens (tertiary/aromatic N) is 2. The molecule has 0 aliphatic carbocycles. The molecule has 0 bridgehead atoms. The van der Waals surface area contributed by atoms with E-state index in [1.54, 1.807) is 25.1 Å². The maximum absolute atomic E-state index is 14.0. The van der Waals surface area contributed by atoms with Crippen LogP contribution in [0.4, 0.5) is 5.69 Å². The van der Waals surface area contributed by atoms with E-state index in [4.69, 9.17) is 23.2 Å². The average Bonchev–Trinajstić information content (AvgIpc) is 2.92. The van der Waals surface area contributed by atoms with Gasteiger partial charge in [-0.2, -0.15) is 0 Å². The number of sulfonamides is 1. The Morgan fingerprint density at radius 3 is 2.20 bits per heavy atom. The molecule has 0 aliphatic rings. The van der Waals surface area contributed by atoms with Crippen LogP contribution in [0.2, 0.25) is 10.0 Å². The van der Waals surface area contributed by atoms with E-state index in [9.17, 15) is 18.0 Å². The third-order valence-corrected chi connectivity index (χ3v) is 9.63. The Morgan fingerprint density at radius 2 is 1.60 bits per heavy atom. The summed E-state index contributed by atoms with van der Waals surface area (Å²) in [4.78, 5) is 28.5. The van der Waals surface area contributed by atoms with E-state index in [1.807, 2.05) is 45.0 Å². The van der Waals surface area contributed by atoms with Crippen LogP contribution in [0.15, 0.2) is 76.1 Å². The first-order chi connectivity index (χ1) is 18.8. The normalized spacial score (nSPS) is 12.9. The van der Waals surface area contributed by atoms with E-state index in [2.05, 4.69) is 21.2 Å². The molecule has 0 unspecified atom stereocenters. The van der Waals surface area contributed by atoms with Gasteiger partial charge in [0.15, 0.2) is 0 Å². The van der Waals surface area contributed by atoms with E-state index in [0.29, 0.717) is 0 Å². The molecule has 0 heterocycles. The van der Waals surface area contributed by atoms with Crippen LogP contribution in [0.1, 0.15) is 38.3 Å². The third-order valence-electron chi connectivity index (χ3n) is 6.52. The van der Waals surface area contributed by atoms with Crippen LogP contribution in [0.25, 0.3) is 0 Å². The van der Waals surface area contributed by atoms with Gasteiger partial charge in [-0.3, -0.25) is 13.9 Å². The standard InChI is InChI=1S/C29H32BrCl2N3O4S/c1-5-20(3)33-29(37)21(4)34(17-22-11-13-23(30)14-12-22)27(36)18-35(26-8-6-7-25(31)28(26)32)40(38,39)24-15-9-19(2)10-16-24/h6-16,20-21H,5,17-18H2,1-4H3,(H,33,37)/t20-,21-/m0/s1. The summed E-state index contributed by atoms with van der Waals surface area (Å²) < 4.78 is 29.6. The molecule has 0 radical (unpaired) electrons. The van der Waals surface area contributed by atoms with Crippen LogP contribution in [-0.4, -0.2) is 43.8 Å². The SMILES string of the molecule is CC[C@H](C)NC(=O)[C@H](C)N(Cc1ccc(Br)cc1)C(=O)CN(c1cccc(Cl)c1Cl)S(=O)(=O)c1ccc(C)cc1. The fraction of sp³-hybridized carbons (Fsp3) is 0.310. The molecular formula is C29H32BrCl2N3O4S. The highest BCUT2D eigenvalue weighted by molar-refractivity contribution is 9.10. The molecule has 7 nitrogen and oxygen atoms in total. The first kappa shape index (κ1) is 31.9. The number of rotatable bonds is 11. The van der Waals surface area contributed by atoms with Gasteiger partial charge in [-0.05, 0) is 69.2 Å². The molecule has 0 saturated heterocycles. The maximum atomic E-state index is 14.0. The minimum atomic E-state index is -4.25. The fourth-order valence-electron chi connectivity index (χ4n) is 3.87. The van der Waals surface area contributed by atoms with Crippen LogP contribution in [0.5, 0.6) is 0 Å². The van der Waals surface area contributed by atoms with Crippen molar-refractivity contribution in [1.29, 1.82) is 0 Å². The quantitative estimate of drug-likeness (QED) is 0.250. The molecule has 0 fully saturated rings. The summed E-state index contributed by atoms with van der Waals surface area (Å²) in [6, 6.07) is 17.2. The van der Waals surface area contributed by atoms with Gasteiger partial charge in [0.25, 0.3) is 10.0 Å². The first-order valence-corrected chi connectivity index (χ1v) is 15.7. The van der Waals surface area contributed by atoms with Gasteiger partial charge in [0.1, 0.15) is 12.6 Å². The van der Waals surface area contributed by atoms with Crippen LogP contribution < -0.4 is 9.62 Å². The van der Waals surface area contributed by atoms with E-state index in [0.717, 1.165) is 26.3 Å². The summed E-state index contributed by atoms with van der Waals surface area (Å²) >= 11 is 16.1. The minimum Gasteiger partial charge on any atom is -0.352 e. The second kappa shape index (κ2) is 13.9. The van der Waals surface area contributed by atoms with Crippen molar-refractivity contribution >= 4 is 66.7 Å². The number of carbonyl (C=O) groups excluding carboxylic acids is 2. The summed E-state index contributed by atoms with van der Waals surface area (Å²) in [6.07, 6.45) is 0.717.